The van der Waals surface area contributed by atoms with E-state index in [-0.39, 0.29) is 36.0 Å². The molecule has 2 atom stereocenters. The number of nitrogens with one attached hydrogen (secondary N) is 2. The summed E-state index contributed by atoms with van der Waals surface area (Å²) in [6.07, 6.45) is -0.974. The Morgan fingerprint density at radius 2 is 2.00 bits per heavy atom. The van der Waals surface area contributed by atoms with Crippen LogP contribution in [0.1, 0.15) is 31.4 Å². The molecule has 0 radical (unpaired) electrons. The van der Waals surface area contributed by atoms with Gasteiger partial charge in [0, 0.05) is 19.2 Å². The second kappa shape index (κ2) is 14.0. The van der Waals surface area contributed by atoms with Crippen molar-refractivity contribution in [2.45, 2.75) is 44.7 Å². The zero-order valence-electron chi connectivity index (χ0n) is 22.5. The van der Waals surface area contributed by atoms with E-state index in [4.69, 9.17) is 36.4 Å². The maximum Gasteiger partial charge on any atom is 0.414 e. The SMILES string of the molecule is C=C(O/N=C(\N)NC(=O)OC[C@H](C[C@@H]1COC(C)(C)O1)N(C)C(=O)NCc1cccc(F)c1Cl)c1ccccc1. The van der Waals surface area contributed by atoms with Crippen molar-refractivity contribution in [3.05, 3.63) is 77.1 Å². The number of carbonyl (C=O) groups is 2. The fraction of sp³-hybridized carbons (Fsp3) is 0.370. The van der Waals surface area contributed by atoms with Gasteiger partial charge in [-0.2, -0.15) is 0 Å². The van der Waals surface area contributed by atoms with Crippen molar-refractivity contribution in [3.63, 3.8) is 0 Å². The maximum absolute atomic E-state index is 13.7. The van der Waals surface area contributed by atoms with Gasteiger partial charge in [-0.15, -0.1) is 0 Å². The molecule has 4 N–H and O–H groups in total. The Hall–Kier alpha value is -3.87. The molecule has 216 valence electrons. The van der Waals surface area contributed by atoms with Gasteiger partial charge in [-0.05, 0) is 37.1 Å². The third kappa shape index (κ3) is 9.11. The fourth-order valence-corrected chi connectivity index (χ4v) is 3.98. The van der Waals surface area contributed by atoms with Crippen LogP contribution in [0.2, 0.25) is 5.02 Å². The van der Waals surface area contributed by atoms with E-state index >= 15 is 0 Å². The first-order valence-electron chi connectivity index (χ1n) is 12.4. The van der Waals surface area contributed by atoms with Crippen LogP contribution in [0.3, 0.4) is 0 Å². The zero-order valence-corrected chi connectivity index (χ0v) is 23.2. The monoisotopic (exact) mass is 577 g/mol. The Morgan fingerprint density at radius 3 is 2.67 bits per heavy atom. The van der Waals surface area contributed by atoms with Gasteiger partial charge in [0.2, 0.25) is 5.96 Å². The van der Waals surface area contributed by atoms with E-state index in [1.807, 2.05) is 6.07 Å². The van der Waals surface area contributed by atoms with Crippen LogP contribution in [-0.2, 0) is 25.6 Å². The van der Waals surface area contributed by atoms with Gasteiger partial charge in [0.05, 0.1) is 23.8 Å². The number of halogens is 2. The molecule has 1 fully saturated rings. The number of amides is 3. The average Bonchev–Trinajstić information content (AvgIpc) is 3.28. The van der Waals surface area contributed by atoms with E-state index in [0.717, 1.165) is 0 Å². The predicted octanol–water partition coefficient (Wildman–Crippen LogP) is 4.17. The van der Waals surface area contributed by atoms with E-state index in [9.17, 15) is 14.0 Å². The summed E-state index contributed by atoms with van der Waals surface area (Å²) in [5.74, 6) is -1.49. The highest BCUT2D eigenvalue weighted by Crippen LogP contribution is 2.26. The smallest absolute Gasteiger partial charge is 0.414 e. The summed E-state index contributed by atoms with van der Waals surface area (Å²) in [5.41, 5.74) is 6.82. The lowest BCUT2D eigenvalue weighted by molar-refractivity contribution is -0.140. The molecule has 3 amide bonds. The Kier molecular flexibility index (Phi) is 10.7. The van der Waals surface area contributed by atoms with Gasteiger partial charge < -0.3 is 35.0 Å². The zero-order chi connectivity index (χ0) is 29.3. The largest absolute Gasteiger partial charge is 0.447 e. The average molecular weight is 578 g/mol. The molecule has 0 bridgehead atoms. The van der Waals surface area contributed by atoms with Crippen LogP contribution in [0, 0.1) is 5.82 Å². The molecule has 1 heterocycles. The second-order valence-corrected chi connectivity index (χ2v) is 9.78. The van der Waals surface area contributed by atoms with E-state index in [0.29, 0.717) is 24.2 Å². The van der Waals surface area contributed by atoms with Gasteiger partial charge in [-0.1, -0.05) is 60.6 Å². The molecule has 0 saturated carbocycles. The molecule has 0 aromatic heterocycles. The number of ether oxygens (including phenoxy) is 3. The highest BCUT2D eigenvalue weighted by molar-refractivity contribution is 6.31. The molecule has 0 unspecified atom stereocenters. The van der Waals surface area contributed by atoms with Crippen molar-refractivity contribution in [2.75, 3.05) is 20.3 Å². The van der Waals surface area contributed by atoms with Crippen LogP contribution in [0.25, 0.3) is 5.76 Å². The molecule has 1 aliphatic rings. The summed E-state index contributed by atoms with van der Waals surface area (Å²) in [4.78, 5) is 31.8. The van der Waals surface area contributed by atoms with Crippen molar-refractivity contribution in [3.8, 4) is 0 Å². The van der Waals surface area contributed by atoms with Crippen LogP contribution in [0.15, 0.2) is 60.3 Å². The Morgan fingerprint density at radius 1 is 1.27 bits per heavy atom. The summed E-state index contributed by atoms with van der Waals surface area (Å²) in [5, 5.41) is 8.50. The molecule has 2 aromatic rings. The number of likely N-dealkylation sites (N-methyl/N-ethyl adjacent to an activating group) is 1. The molecule has 1 saturated heterocycles. The highest BCUT2D eigenvalue weighted by atomic mass is 35.5. The number of guanidine groups is 1. The van der Waals surface area contributed by atoms with Gasteiger partial charge in [0.1, 0.15) is 12.4 Å². The van der Waals surface area contributed by atoms with E-state index in [1.54, 1.807) is 44.2 Å². The minimum atomic E-state index is -0.913. The topological polar surface area (TPSA) is 137 Å². The number of carbonyl (C=O) groups excluding carboxylic acids is 2. The van der Waals surface area contributed by atoms with Crippen molar-refractivity contribution in [2.24, 2.45) is 10.9 Å². The molecular formula is C27H33ClFN5O6. The standard InChI is InChI=1S/C27H33ClFN5O6/c1-17(18-9-6-5-7-10-18)40-33-24(30)32-26(36)37-15-20(13-21-16-38-27(2,3)39-21)34(4)25(35)31-14-19-11-8-12-22(29)23(19)28/h5-12,20-21H,1,13-16H2,2-4H3,(H,31,35)(H3,30,32,33,36)/t20-,21+/m0/s1. The van der Waals surface area contributed by atoms with Gasteiger partial charge in [-0.3, -0.25) is 5.32 Å². The second-order valence-electron chi connectivity index (χ2n) is 9.40. The molecule has 1 aliphatic heterocycles. The molecule has 2 aromatic carbocycles. The van der Waals surface area contributed by atoms with Crippen LogP contribution in [0.4, 0.5) is 14.0 Å². The number of benzene rings is 2. The number of hydrogen-bond acceptors (Lipinski definition) is 7. The van der Waals surface area contributed by atoms with Crippen LogP contribution >= 0.6 is 11.6 Å². The number of oxime groups is 1. The van der Waals surface area contributed by atoms with E-state index in [1.165, 1.54) is 24.1 Å². The highest BCUT2D eigenvalue weighted by Gasteiger charge is 2.36. The number of urea groups is 1. The Balaban J connectivity index is 1.57. The summed E-state index contributed by atoms with van der Waals surface area (Å²) in [6.45, 7) is 7.40. The van der Waals surface area contributed by atoms with Crippen LogP contribution in [0.5, 0.6) is 0 Å². The Bertz CT molecular complexity index is 1230. The number of nitrogens with two attached hydrogens (primary N) is 1. The lowest BCUT2D eigenvalue weighted by Gasteiger charge is -2.30. The van der Waals surface area contributed by atoms with Gasteiger partial charge in [0.25, 0.3) is 0 Å². The predicted molar refractivity (Wildman–Crippen MR) is 147 cm³/mol. The third-order valence-electron chi connectivity index (χ3n) is 5.92. The van der Waals surface area contributed by atoms with Gasteiger partial charge in [0.15, 0.2) is 11.5 Å². The molecule has 0 aliphatic carbocycles. The number of alkyl carbamates (subject to hydrolysis) is 1. The normalized spacial score (nSPS) is 17.0. The first kappa shape index (κ1) is 30.7. The van der Waals surface area contributed by atoms with Crippen molar-refractivity contribution < 1.29 is 33.0 Å². The summed E-state index contributed by atoms with van der Waals surface area (Å²) >= 11 is 5.99. The van der Waals surface area contributed by atoms with Crippen molar-refractivity contribution in [1.82, 2.24) is 15.5 Å². The molecule has 40 heavy (non-hydrogen) atoms. The third-order valence-corrected chi connectivity index (χ3v) is 6.34. The quantitative estimate of drug-likeness (QED) is 0.167. The molecule has 13 heteroatoms. The van der Waals surface area contributed by atoms with E-state index < -0.39 is 29.8 Å². The van der Waals surface area contributed by atoms with Gasteiger partial charge in [-0.25, -0.2) is 14.0 Å². The first-order valence-corrected chi connectivity index (χ1v) is 12.8. The van der Waals surface area contributed by atoms with Crippen LogP contribution < -0.4 is 16.4 Å². The first-order chi connectivity index (χ1) is 18.9. The van der Waals surface area contributed by atoms with Crippen molar-refractivity contribution in [1.29, 1.82) is 0 Å². The number of nitrogens with zero attached hydrogens (tertiary/aromatic N) is 2. The summed E-state index contributed by atoms with van der Waals surface area (Å²) in [6, 6.07) is 12.2. The van der Waals surface area contributed by atoms with E-state index in [2.05, 4.69) is 22.4 Å². The number of hydrogen-bond donors (Lipinski definition) is 3. The lowest BCUT2D eigenvalue weighted by atomic mass is 10.1. The molecular weight excluding hydrogens is 545 g/mol. The fourth-order valence-electron chi connectivity index (χ4n) is 3.78. The molecule has 3 rings (SSSR count). The molecule has 0 spiro atoms. The minimum absolute atomic E-state index is 0.00876. The summed E-state index contributed by atoms with van der Waals surface area (Å²) in [7, 11) is 1.54. The summed E-state index contributed by atoms with van der Waals surface area (Å²) < 4.78 is 30.6. The maximum atomic E-state index is 13.7. The molecule has 11 nitrogen and oxygen atoms in total. The van der Waals surface area contributed by atoms with Crippen LogP contribution in [-0.4, -0.2) is 61.2 Å². The minimum Gasteiger partial charge on any atom is -0.447 e. The number of rotatable bonds is 10. The van der Waals surface area contributed by atoms with Gasteiger partial charge >= 0.3 is 12.1 Å². The Labute approximate surface area is 237 Å². The lowest BCUT2D eigenvalue weighted by Crippen LogP contribution is -2.48. The van der Waals surface area contributed by atoms with Crippen molar-refractivity contribution >= 4 is 35.4 Å².